The first-order valence-corrected chi connectivity index (χ1v) is 13.7. The second-order valence-corrected chi connectivity index (χ2v) is 10.6. The molecule has 0 spiro atoms. The molecule has 0 amide bonds. The molecule has 2 heterocycles. The molecule has 0 N–H and O–H groups in total. The van der Waals surface area contributed by atoms with Crippen LogP contribution in [0.2, 0.25) is 0 Å². The average Bonchev–Trinajstić information content (AvgIpc) is 3.33. The number of benzene rings is 4. The molecule has 2 unspecified atom stereocenters. The Morgan fingerprint density at radius 3 is 1.95 bits per heavy atom. The van der Waals surface area contributed by atoms with E-state index in [1.54, 1.807) is 0 Å². The van der Waals surface area contributed by atoms with Gasteiger partial charge in [-0.25, -0.2) is 4.99 Å². The van der Waals surface area contributed by atoms with E-state index in [-0.39, 0.29) is 6.29 Å². The molecule has 7 rings (SSSR count). The number of rotatable bonds is 4. The number of para-hydroxylation sites is 1. The minimum Gasteiger partial charge on any atom is -0.335 e. The fourth-order valence-corrected chi connectivity index (χ4v) is 6.22. The summed E-state index contributed by atoms with van der Waals surface area (Å²) in [5.41, 5.74) is 11.1. The van der Waals surface area contributed by atoms with Crippen LogP contribution in [-0.4, -0.2) is 22.2 Å². The predicted octanol–water partition coefficient (Wildman–Crippen LogP) is 8.62. The van der Waals surface area contributed by atoms with E-state index in [2.05, 4.69) is 151 Å². The maximum absolute atomic E-state index is 5.43. The normalized spacial score (nSPS) is 18.8. The van der Waals surface area contributed by atoms with Gasteiger partial charge < -0.3 is 9.47 Å². The molecule has 1 aliphatic carbocycles. The van der Waals surface area contributed by atoms with Crippen LogP contribution in [0.15, 0.2) is 126 Å². The standard InChI is InChI=1S/C36H31N3/c1-25-22-29(26-14-6-3-7-15-26)23-31-30-20-12-13-21-33(30)39(35(25)31)36-37-32(27-16-8-4-9-17-27)24-34(38(36)2)28-18-10-5-11-19-28/h3-21,23-25,36H,22H2,1-2H3. The zero-order valence-electron chi connectivity index (χ0n) is 22.3. The smallest absolute Gasteiger partial charge is 0.203 e. The molecule has 0 saturated carbocycles. The van der Waals surface area contributed by atoms with Gasteiger partial charge in [-0.05, 0) is 46.9 Å². The number of nitrogens with zero attached hydrogens (tertiary/aromatic N) is 3. The maximum Gasteiger partial charge on any atom is 0.203 e. The van der Waals surface area contributed by atoms with Gasteiger partial charge in [0.1, 0.15) is 0 Å². The first-order chi connectivity index (χ1) is 19.2. The molecular weight excluding hydrogens is 474 g/mol. The Morgan fingerprint density at radius 1 is 0.667 bits per heavy atom. The van der Waals surface area contributed by atoms with Crippen molar-refractivity contribution in [3.05, 3.63) is 149 Å². The third-order valence-electron chi connectivity index (χ3n) is 8.07. The van der Waals surface area contributed by atoms with Gasteiger partial charge in [-0.3, -0.25) is 0 Å². The zero-order chi connectivity index (χ0) is 26.3. The van der Waals surface area contributed by atoms with Gasteiger partial charge in [0, 0.05) is 35.3 Å². The van der Waals surface area contributed by atoms with E-state index >= 15 is 0 Å². The van der Waals surface area contributed by atoms with E-state index in [1.807, 2.05) is 0 Å². The molecule has 0 fully saturated rings. The summed E-state index contributed by atoms with van der Waals surface area (Å²) in [6.45, 7) is 2.36. The molecule has 3 nitrogen and oxygen atoms in total. The van der Waals surface area contributed by atoms with Crippen molar-refractivity contribution in [2.75, 3.05) is 7.05 Å². The lowest BCUT2D eigenvalue weighted by Gasteiger charge is -2.37. The summed E-state index contributed by atoms with van der Waals surface area (Å²) in [7, 11) is 2.18. The van der Waals surface area contributed by atoms with Crippen molar-refractivity contribution in [3.8, 4) is 0 Å². The van der Waals surface area contributed by atoms with Crippen molar-refractivity contribution >= 4 is 34.0 Å². The molecule has 39 heavy (non-hydrogen) atoms. The van der Waals surface area contributed by atoms with Gasteiger partial charge >= 0.3 is 0 Å². The van der Waals surface area contributed by atoms with Crippen molar-refractivity contribution in [2.45, 2.75) is 25.6 Å². The van der Waals surface area contributed by atoms with Crippen molar-refractivity contribution in [3.63, 3.8) is 0 Å². The lowest BCUT2D eigenvalue weighted by Crippen LogP contribution is -2.32. The molecule has 0 radical (unpaired) electrons. The Balaban J connectivity index is 1.46. The monoisotopic (exact) mass is 505 g/mol. The van der Waals surface area contributed by atoms with Gasteiger partial charge in [0.2, 0.25) is 6.29 Å². The molecule has 0 bridgehead atoms. The molecule has 190 valence electrons. The van der Waals surface area contributed by atoms with E-state index in [0.717, 1.165) is 17.7 Å². The second-order valence-electron chi connectivity index (χ2n) is 10.6. The van der Waals surface area contributed by atoms with E-state index in [4.69, 9.17) is 4.99 Å². The first-order valence-electron chi connectivity index (χ1n) is 13.7. The Morgan fingerprint density at radius 2 is 1.26 bits per heavy atom. The summed E-state index contributed by atoms with van der Waals surface area (Å²) in [5, 5.41) is 1.29. The van der Waals surface area contributed by atoms with Crippen LogP contribution in [0.25, 0.3) is 28.2 Å². The summed E-state index contributed by atoms with van der Waals surface area (Å²) in [6, 6.07) is 40.8. The number of aliphatic imine (C=N–C) groups is 1. The third-order valence-corrected chi connectivity index (χ3v) is 8.07. The van der Waals surface area contributed by atoms with E-state index < -0.39 is 0 Å². The average molecular weight is 506 g/mol. The van der Waals surface area contributed by atoms with Crippen LogP contribution in [-0.2, 0) is 0 Å². The predicted molar refractivity (Wildman–Crippen MR) is 163 cm³/mol. The number of hydrogen-bond acceptors (Lipinski definition) is 2. The quantitative estimate of drug-likeness (QED) is 0.239. The van der Waals surface area contributed by atoms with Crippen molar-refractivity contribution < 1.29 is 0 Å². The molecule has 1 aliphatic heterocycles. The molecule has 2 aliphatic rings. The number of hydrogen-bond donors (Lipinski definition) is 0. The number of allylic oxidation sites excluding steroid dienone is 2. The van der Waals surface area contributed by atoms with Gasteiger partial charge in [0.25, 0.3) is 0 Å². The summed E-state index contributed by atoms with van der Waals surface area (Å²) >= 11 is 0. The van der Waals surface area contributed by atoms with Gasteiger partial charge in [0.05, 0.1) is 11.2 Å². The van der Waals surface area contributed by atoms with Crippen molar-refractivity contribution in [2.24, 2.45) is 4.99 Å². The van der Waals surface area contributed by atoms with Crippen LogP contribution in [0.4, 0.5) is 0 Å². The highest BCUT2D eigenvalue weighted by Gasteiger charge is 2.33. The fourth-order valence-electron chi connectivity index (χ4n) is 6.22. The Bertz CT molecular complexity index is 1740. The van der Waals surface area contributed by atoms with Crippen LogP contribution in [0, 0.1) is 0 Å². The van der Waals surface area contributed by atoms with Gasteiger partial charge in [-0.2, -0.15) is 0 Å². The largest absolute Gasteiger partial charge is 0.335 e. The maximum atomic E-state index is 5.43. The number of fused-ring (bicyclic) bond motifs is 3. The molecular formula is C36H31N3. The van der Waals surface area contributed by atoms with Crippen LogP contribution in [0.1, 0.15) is 53.5 Å². The van der Waals surface area contributed by atoms with Crippen LogP contribution < -0.4 is 0 Å². The summed E-state index contributed by atoms with van der Waals surface area (Å²) in [6.07, 6.45) is 5.45. The SMILES string of the molecule is CC1CC(c2ccccc2)=Cc2c1n(C1N=C(c3ccccc3)C=C(c3ccccc3)N1C)c1ccccc21. The van der Waals surface area contributed by atoms with E-state index in [0.29, 0.717) is 5.92 Å². The highest BCUT2D eigenvalue weighted by molar-refractivity contribution is 6.13. The highest BCUT2D eigenvalue weighted by atomic mass is 15.4. The Hall–Kier alpha value is -4.63. The summed E-state index contributed by atoms with van der Waals surface area (Å²) in [4.78, 5) is 7.76. The van der Waals surface area contributed by atoms with Gasteiger partial charge in [-0.1, -0.05) is 116 Å². The Kier molecular flexibility index (Phi) is 5.78. The molecule has 3 heteroatoms. The lowest BCUT2D eigenvalue weighted by atomic mass is 9.85. The first kappa shape index (κ1) is 23.5. The minimum absolute atomic E-state index is 0.205. The zero-order valence-corrected chi connectivity index (χ0v) is 22.3. The number of aromatic nitrogens is 1. The van der Waals surface area contributed by atoms with E-state index in [9.17, 15) is 0 Å². The second kappa shape index (κ2) is 9.59. The molecule has 4 aromatic carbocycles. The van der Waals surface area contributed by atoms with Gasteiger partial charge in [0.15, 0.2) is 0 Å². The Labute approximate surface area is 230 Å². The van der Waals surface area contributed by atoms with Gasteiger partial charge in [-0.15, -0.1) is 0 Å². The van der Waals surface area contributed by atoms with Crippen molar-refractivity contribution in [1.29, 1.82) is 0 Å². The molecule has 1 aromatic heterocycles. The fraction of sp³-hybridized carbons (Fsp3) is 0.139. The van der Waals surface area contributed by atoms with Crippen LogP contribution in [0.3, 0.4) is 0 Å². The molecule has 5 aromatic rings. The lowest BCUT2D eigenvalue weighted by molar-refractivity contribution is 0.268. The van der Waals surface area contributed by atoms with Crippen molar-refractivity contribution in [1.82, 2.24) is 9.47 Å². The molecule has 2 atom stereocenters. The highest BCUT2D eigenvalue weighted by Crippen LogP contribution is 2.45. The third kappa shape index (κ3) is 4.02. The van der Waals surface area contributed by atoms with Crippen LogP contribution in [0.5, 0.6) is 0 Å². The summed E-state index contributed by atoms with van der Waals surface area (Å²) < 4.78 is 2.49. The molecule has 0 saturated heterocycles. The minimum atomic E-state index is -0.205. The topological polar surface area (TPSA) is 20.5 Å². The van der Waals surface area contributed by atoms with E-state index in [1.165, 1.54) is 44.6 Å². The van der Waals surface area contributed by atoms with Crippen LogP contribution >= 0.6 is 0 Å². The summed E-state index contributed by atoms with van der Waals surface area (Å²) in [5.74, 6) is 0.350.